The van der Waals surface area contributed by atoms with Crippen molar-refractivity contribution in [2.24, 2.45) is 0 Å². The molecule has 7 heteroatoms. The number of hydrogen-bond acceptors (Lipinski definition) is 5. The zero-order valence-electron chi connectivity index (χ0n) is 13.3. The molecule has 2 heterocycles. The average Bonchev–Trinajstić information content (AvgIpc) is 3.28. The summed E-state index contributed by atoms with van der Waals surface area (Å²) in [6, 6.07) is 11.8. The number of benzene rings is 1. The number of hydrogen-bond donors (Lipinski definition) is 2. The fourth-order valence-electron chi connectivity index (χ4n) is 2.62. The Morgan fingerprint density at radius 2 is 2.12 bits per heavy atom. The van der Waals surface area contributed by atoms with E-state index < -0.39 is 5.54 Å². The third kappa shape index (κ3) is 2.90. The number of fused-ring (bicyclic) bond motifs is 1. The topological polar surface area (TPSA) is 104 Å². The van der Waals surface area contributed by atoms with Crippen LogP contribution in [0.2, 0.25) is 0 Å². The maximum absolute atomic E-state index is 12.6. The number of nitriles is 1. The van der Waals surface area contributed by atoms with Crippen LogP contribution in [-0.4, -0.2) is 26.4 Å². The second-order valence-electron chi connectivity index (χ2n) is 6.03. The Bertz CT molecular complexity index is 970. The minimum Gasteiger partial charge on any atom is -0.472 e. The predicted octanol–water partition coefficient (Wildman–Crippen LogP) is 2.32. The molecule has 0 spiro atoms. The quantitative estimate of drug-likeness (QED) is 0.746. The first-order valence-corrected chi connectivity index (χ1v) is 7.93. The Kier molecular flexibility index (Phi) is 3.58. The normalized spacial score (nSPS) is 14.7. The maximum Gasteiger partial charge on any atom is 0.254 e. The first-order chi connectivity index (χ1) is 12.2. The molecule has 2 aromatic heterocycles. The van der Waals surface area contributed by atoms with Crippen molar-refractivity contribution in [1.29, 1.82) is 5.26 Å². The fourth-order valence-corrected chi connectivity index (χ4v) is 2.62. The third-order valence-corrected chi connectivity index (χ3v) is 4.21. The summed E-state index contributed by atoms with van der Waals surface area (Å²) in [5.41, 5.74) is 1.16. The molecule has 124 valence electrons. The Balaban J connectivity index is 1.63. The van der Waals surface area contributed by atoms with E-state index in [2.05, 4.69) is 26.3 Å². The smallest absolute Gasteiger partial charge is 0.254 e. The van der Waals surface area contributed by atoms with Crippen LogP contribution in [0.4, 0.5) is 0 Å². The summed E-state index contributed by atoms with van der Waals surface area (Å²) in [7, 11) is 0. The highest BCUT2D eigenvalue weighted by molar-refractivity contribution is 6.08. The second kappa shape index (κ2) is 5.91. The summed E-state index contributed by atoms with van der Waals surface area (Å²) in [6.45, 7) is 0.335. The lowest BCUT2D eigenvalue weighted by atomic mass is 10.2. The van der Waals surface area contributed by atoms with E-state index in [0.29, 0.717) is 41.9 Å². The number of ether oxygens (including phenoxy) is 1. The summed E-state index contributed by atoms with van der Waals surface area (Å²) in [5.74, 6) is 0.00622. The van der Waals surface area contributed by atoms with Gasteiger partial charge in [0.25, 0.3) is 5.91 Å². The van der Waals surface area contributed by atoms with E-state index in [1.54, 1.807) is 6.20 Å². The van der Waals surface area contributed by atoms with Crippen LogP contribution >= 0.6 is 0 Å². The van der Waals surface area contributed by atoms with Crippen molar-refractivity contribution >= 4 is 16.9 Å². The molecule has 4 rings (SSSR count). The molecular formula is C18H15N5O2. The highest BCUT2D eigenvalue weighted by Gasteiger charge is 2.45. The number of amides is 1. The van der Waals surface area contributed by atoms with E-state index in [4.69, 9.17) is 10.00 Å². The van der Waals surface area contributed by atoms with Gasteiger partial charge in [0.2, 0.25) is 5.88 Å². The molecule has 2 N–H and O–H groups in total. The number of H-pyrrole nitrogens is 1. The molecule has 0 unspecified atom stereocenters. The summed E-state index contributed by atoms with van der Waals surface area (Å²) < 4.78 is 5.81. The van der Waals surface area contributed by atoms with Crippen molar-refractivity contribution in [3.05, 3.63) is 54.0 Å². The molecule has 0 radical (unpaired) electrons. The summed E-state index contributed by atoms with van der Waals surface area (Å²) in [4.78, 5) is 23.8. The SMILES string of the molecule is N#CC1(NC(=O)c2c[nH]c3ncnc(OCc4ccccc4)c23)CC1. The molecule has 3 aromatic rings. The van der Waals surface area contributed by atoms with Crippen molar-refractivity contribution in [3.63, 3.8) is 0 Å². The standard InChI is InChI=1S/C18H15N5O2/c19-10-18(6-7-18)23-16(24)13-8-20-15-14(13)17(22-11-21-15)25-9-12-4-2-1-3-5-12/h1-5,8,11H,6-7,9H2,(H,23,24)(H,20,21,22). The molecule has 7 nitrogen and oxygen atoms in total. The van der Waals surface area contributed by atoms with Gasteiger partial charge in [-0.2, -0.15) is 5.26 Å². The van der Waals surface area contributed by atoms with Gasteiger partial charge in [-0.1, -0.05) is 30.3 Å². The minimum absolute atomic E-state index is 0.329. The molecule has 1 fully saturated rings. The Morgan fingerprint density at radius 3 is 2.84 bits per heavy atom. The first-order valence-electron chi connectivity index (χ1n) is 7.93. The van der Waals surface area contributed by atoms with Crippen LogP contribution in [0.25, 0.3) is 11.0 Å². The highest BCUT2D eigenvalue weighted by Crippen LogP contribution is 2.35. The molecule has 25 heavy (non-hydrogen) atoms. The predicted molar refractivity (Wildman–Crippen MR) is 89.7 cm³/mol. The van der Waals surface area contributed by atoms with Gasteiger partial charge >= 0.3 is 0 Å². The van der Waals surface area contributed by atoms with Crippen LogP contribution in [0, 0.1) is 11.3 Å². The molecule has 1 aromatic carbocycles. The van der Waals surface area contributed by atoms with Crippen LogP contribution in [0.3, 0.4) is 0 Å². The van der Waals surface area contributed by atoms with Crippen molar-refractivity contribution in [2.75, 3.05) is 0 Å². The van der Waals surface area contributed by atoms with Gasteiger partial charge in [0.15, 0.2) is 0 Å². The number of carbonyl (C=O) groups excluding carboxylic acids is 1. The number of rotatable bonds is 5. The first kappa shape index (κ1) is 15.1. The van der Waals surface area contributed by atoms with Crippen molar-refractivity contribution in [3.8, 4) is 11.9 Å². The number of nitrogens with zero attached hydrogens (tertiary/aromatic N) is 3. The lowest BCUT2D eigenvalue weighted by Crippen LogP contribution is -2.35. The van der Waals surface area contributed by atoms with E-state index in [0.717, 1.165) is 5.56 Å². The highest BCUT2D eigenvalue weighted by atomic mass is 16.5. The van der Waals surface area contributed by atoms with Gasteiger partial charge in [-0.15, -0.1) is 0 Å². The van der Waals surface area contributed by atoms with Gasteiger partial charge in [0.05, 0.1) is 17.0 Å². The van der Waals surface area contributed by atoms with E-state index in [-0.39, 0.29) is 5.91 Å². The van der Waals surface area contributed by atoms with Gasteiger partial charge in [-0.3, -0.25) is 4.79 Å². The van der Waals surface area contributed by atoms with E-state index in [1.165, 1.54) is 6.33 Å². The maximum atomic E-state index is 12.6. The van der Waals surface area contributed by atoms with Gasteiger partial charge in [0, 0.05) is 6.20 Å². The summed E-state index contributed by atoms with van der Waals surface area (Å²) in [5, 5.41) is 12.5. The van der Waals surface area contributed by atoms with Crippen LogP contribution < -0.4 is 10.1 Å². The van der Waals surface area contributed by atoms with Gasteiger partial charge < -0.3 is 15.0 Å². The van der Waals surface area contributed by atoms with E-state index >= 15 is 0 Å². The number of aromatic amines is 1. The van der Waals surface area contributed by atoms with Crippen molar-refractivity contribution < 1.29 is 9.53 Å². The molecule has 1 aliphatic carbocycles. The lowest BCUT2D eigenvalue weighted by Gasteiger charge is -2.10. The van der Waals surface area contributed by atoms with Gasteiger partial charge in [-0.05, 0) is 18.4 Å². The zero-order valence-corrected chi connectivity index (χ0v) is 13.3. The van der Waals surface area contributed by atoms with Crippen LogP contribution in [-0.2, 0) is 6.61 Å². The minimum atomic E-state index is -0.735. The third-order valence-electron chi connectivity index (χ3n) is 4.21. The Hall–Kier alpha value is -3.40. The monoisotopic (exact) mass is 333 g/mol. The van der Waals surface area contributed by atoms with Gasteiger partial charge in [0.1, 0.15) is 24.1 Å². The number of nitrogens with one attached hydrogen (secondary N) is 2. The zero-order chi connectivity index (χ0) is 17.3. The number of aromatic nitrogens is 3. The fraction of sp³-hybridized carbons (Fsp3) is 0.222. The molecule has 1 saturated carbocycles. The largest absolute Gasteiger partial charge is 0.472 e. The Labute approximate surface area is 143 Å². The van der Waals surface area contributed by atoms with Crippen LogP contribution in [0.5, 0.6) is 5.88 Å². The van der Waals surface area contributed by atoms with Gasteiger partial charge in [-0.25, -0.2) is 9.97 Å². The summed E-state index contributed by atoms with van der Waals surface area (Å²) in [6.07, 6.45) is 4.30. The summed E-state index contributed by atoms with van der Waals surface area (Å²) >= 11 is 0. The van der Waals surface area contributed by atoms with E-state index in [9.17, 15) is 4.79 Å². The second-order valence-corrected chi connectivity index (χ2v) is 6.03. The van der Waals surface area contributed by atoms with Crippen molar-refractivity contribution in [2.45, 2.75) is 25.0 Å². The van der Waals surface area contributed by atoms with Crippen molar-refractivity contribution in [1.82, 2.24) is 20.3 Å². The molecule has 0 bridgehead atoms. The molecule has 1 amide bonds. The number of carbonyl (C=O) groups is 1. The van der Waals surface area contributed by atoms with E-state index in [1.807, 2.05) is 30.3 Å². The lowest BCUT2D eigenvalue weighted by molar-refractivity contribution is 0.0943. The van der Waals surface area contributed by atoms with Crippen LogP contribution in [0.1, 0.15) is 28.8 Å². The molecule has 0 atom stereocenters. The average molecular weight is 333 g/mol. The molecule has 0 aliphatic heterocycles. The molecular weight excluding hydrogens is 318 g/mol. The molecule has 0 saturated heterocycles. The Morgan fingerprint density at radius 1 is 1.32 bits per heavy atom. The van der Waals surface area contributed by atoms with Crippen LogP contribution in [0.15, 0.2) is 42.9 Å². The molecule has 1 aliphatic rings.